The summed E-state index contributed by atoms with van der Waals surface area (Å²) in [6, 6.07) is 8.72. The van der Waals surface area contributed by atoms with Crippen molar-refractivity contribution >= 4 is 16.8 Å². The molecule has 6 heteroatoms. The number of ether oxygens (including phenoxy) is 1. The molecule has 0 fully saturated rings. The number of carbonyl (C=O) groups excluding carboxylic acids is 1. The van der Waals surface area contributed by atoms with Gasteiger partial charge in [-0.1, -0.05) is 0 Å². The Balaban J connectivity index is 1.88. The van der Waals surface area contributed by atoms with E-state index in [0.29, 0.717) is 23.2 Å². The van der Waals surface area contributed by atoms with Crippen LogP contribution in [0.3, 0.4) is 0 Å². The molecule has 2 N–H and O–H groups in total. The maximum absolute atomic E-state index is 12.5. The number of nitrogens with one attached hydrogen (secondary N) is 2. The highest BCUT2D eigenvalue weighted by atomic mass is 16.5. The van der Waals surface area contributed by atoms with E-state index in [1.165, 1.54) is 13.3 Å². The molecule has 0 unspecified atom stereocenters. The Labute approximate surface area is 132 Å². The van der Waals surface area contributed by atoms with Crippen molar-refractivity contribution in [3.63, 3.8) is 0 Å². The van der Waals surface area contributed by atoms with Gasteiger partial charge in [0.15, 0.2) is 0 Å². The molecule has 1 amide bonds. The fourth-order valence-electron chi connectivity index (χ4n) is 2.27. The van der Waals surface area contributed by atoms with Crippen molar-refractivity contribution in [3.8, 4) is 5.75 Å². The monoisotopic (exact) mass is 309 g/mol. The van der Waals surface area contributed by atoms with Crippen molar-refractivity contribution in [1.82, 2.24) is 15.3 Å². The number of pyridine rings is 2. The summed E-state index contributed by atoms with van der Waals surface area (Å²) in [6.45, 7) is 0.330. The summed E-state index contributed by atoms with van der Waals surface area (Å²) < 4.78 is 5.12. The highest BCUT2D eigenvalue weighted by Crippen LogP contribution is 2.16. The van der Waals surface area contributed by atoms with Gasteiger partial charge in [-0.3, -0.25) is 14.6 Å². The van der Waals surface area contributed by atoms with Crippen LogP contribution in [0, 0.1) is 0 Å². The molecular formula is C17H15N3O3. The second-order valence-electron chi connectivity index (χ2n) is 4.98. The lowest BCUT2D eigenvalue weighted by Crippen LogP contribution is -2.28. The first kappa shape index (κ1) is 14.8. The number of methoxy groups -OCH3 is 1. The number of rotatable bonds is 4. The summed E-state index contributed by atoms with van der Waals surface area (Å²) in [5, 5.41) is 3.15. The molecule has 2 heterocycles. The van der Waals surface area contributed by atoms with Gasteiger partial charge >= 0.3 is 0 Å². The zero-order chi connectivity index (χ0) is 16.2. The largest absolute Gasteiger partial charge is 0.497 e. The number of benzene rings is 1. The lowest BCUT2D eigenvalue weighted by molar-refractivity contribution is 0.0949. The minimum absolute atomic E-state index is 0.0693. The molecule has 2 aromatic heterocycles. The maximum atomic E-state index is 12.5. The molecule has 0 spiro atoms. The van der Waals surface area contributed by atoms with Gasteiger partial charge in [0, 0.05) is 36.0 Å². The summed E-state index contributed by atoms with van der Waals surface area (Å²) in [6.07, 6.45) is 4.73. The quantitative estimate of drug-likeness (QED) is 0.770. The van der Waals surface area contributed by atoms with Crippen molar-refractivity contribution in [2.24, 2.45) is 0 Å². The third kappa shape index (κ3) is 3.06. The third-order valence-electron chi connectivity index (χ3n) is 3.54. The molecule has 6 nitrogen and oxygen atoms in total. The van der Waals surface area contributed by atoms with Crippen LogP contribution in [-0.2, 0) is 6.54 Å². The lowest BCUT2D eigenvalue weighted by Gasteiger charge is -2.07. The first-order chi connectivity index (χ1) is 11.2. The standard InChI is InChI=1S/C17H15N3O3/c1-23-12-2-3-15-13(8-12)16(21)14(10-19-15)17(22)20-9-11-4-6-18-7-5-11/h2-8,10H,9H2,1H3,(H,19,21)(H,20,22). The van der Waals surface area contributed by atoms with E-state index in [-0.39, 0.29) is 11.0 Å². The molecule has 0 aliphatic heterocycles. The molecule has 0 aliphatic rings. The Bertz CT molecular complexity index is 904. The molecule has 3 rings (SSSR count). The molecule has 0 radical (unpaired) electrons. The average Bonchev–Trinajstić information content (AvgIpc) is 2.60. The number of amides is 1. The molecule has 23 heavy (non-hydrogen) atoms. The number of fused-ring (bicyclic) bond motifs is 1. The molecule has 0 atom stereocenters. The Morgan fingerprint density at radius 3 is 2.78 bits per heavy atom. The van der Waals surface area contributed by atoms with Gasteiger partial charge in [0.2, 0.25) is 5.43 Å². The summed E-state index contributed by atoms with van der Waals surface area (Å²) >= 11 is 0. The van der Waals surface area contributed by atoms with Crippen LogP contribution < -0.4 is 15.5 Å². The summed E-state index contributed by atoms with van der Waals surface area (Å²) in [5.41, 5.74) is 1.30. The second kappa shape index (κ2) is 6.31. The van der Waals surface area contributed by atoms with E-state index in [0.717, 1.165) is 5.56 Å². The third-order valence-corrected chi connectivity index (χ3v) is 3.54. The van der Waals surface area contributed by atoms with Crippen LogP contribution in [0.25, 0.3) is 10.9 Å². The highest BCUT2D eigenvalue weighted by molar-refractivity contribution is 5.97. The fourth-order valence-corrected chi connectivity index (χ4v) is 2.27. The first-order valence-electron chi connectivity index (χ1n) is 7.05. The number of hydrogen-bond acceptors (Lipinski definition) is 4. The van der Waals surface area contributed by atoms with E-state index in [2.05, 4.69) is 15.3 Å². The van der Waals surface area contributed by atoms with E-state index in [4.69, 9.17) is 4.74 Å². The molecule has 0 saturated heterocycles. The van der Waals surface area contributed by atoms with Crippen LogP contribution in [0.1, 0.15) is 15.9 Å². The second-order valence-corrected chi connectivity index (χ2v) is 4.98. The van der Waals surface area contributed by atoms with Gasteiger partial charge in [-0.25, -0.2) is 0 Å². The number of H-pyrrole nitrogens is 1. The molecule has 0 bridgehead atoms. The van der Waals surface area contributed by atoms with E-state index in [1.54, 1.807) is 42.7 Å². The van der Waals surface area contributed by atoms with Crippen molar-refractivity contribution in [2.45, 2.75) is 6.54 Å². The van der Waals surface area contributed by atoms with Crippen LogP contribution in [0.5, 0.6) is 5.75 Å². The van der Waals surface area contributed by atoms with Gasteiger partial charge in [-0.05, 0) is 35.9 Å². The molecule has 0 saturated carbocycles. The predicted octanol–water partition coefficient (Wildman–Crippen LogP) is 1.86. The van der Waals surface area contributed by atoms with E-state index < -0.39 is 5.91 Å². The number of aromatic amines is 1. The predicted molar refractivity (Wildman–Crippen MR) is 86.5 cm³/mol. The Morgan fingerprint density at radius 2 is 2.04 bits per heavy atom. The van der Waals surface area contributed by atoms with E-state index in [1.807, 2.05) is 0 Å². The number of nitrogens with zero attached hydrogens (tertiary/aromatic N) is 1. The average molecular weight is 309 g/mol. The van der Waals surface area contributed by atoms with Crippen molar-refractivity contribution in [3.05, 3.63) is 70.3 Å². The van der Waals surface area contributed by atoms with Crippen LogP contribution in [0.15, 0.2) is 53.7 Å². The SMILES string of the molecule is COc1ccc2[nH]cc(C(=O)NCc3ccncc3)c(=O)c2c1. The minimum atomic E-state index is -0.423. The molecule has 0 aliphatic carbocycles. The molecule has 116 valence electrons. The van der Waals surface area contributed by atoms with Crippen LogP contribution in [0.4, 0.5) is 0 Å². The van der Waals surface area contributed by atoms with Crippen molar-refractivity contribution in [2.75, 3.05) is 7.11 Å². The minimum Gasteiger partial charge on any atom is -0.497 e. The molecule has 3 aromatic rings. The normalized spacial score (nSPS) is 10.5. The van der Waals surface area contributed by atoms with Crippen LogP contribution >= 0.6 is 0 Å². The van der Waals surface area contributed by atoms with Gasteiger partial charge in [0.05, 0.1) is 7.11 Å². The smallest absolute Gasteiger partial charge is 0.257 e. The van der Waals surface area contributed by atoms with E-state index in [9.17, 15) is 9.59 Å². The zero-order valence-corrected chi connectivity index (χ0v) is 12.5. The van der Waals surface area contributed by atoms with Gasteiger partial charge in [0.1, 0.15) is 11.3 Å². The van der Waals surface area contributed by atoms with Gasteiger partial charge in [0.25, 0.3) is 5.91 Å². The summed E-state index contributed by atoms with van der Waals surface area (Å²) in [7, 11) is 1.53. The van der Waals surface area contributed by atoms with E-state index >= 15 is 0 Å². The van der Waals surface area contributed by atoms with Gasteiger partial charge < -0.3 is 15.0 Å². The van der Waals surface area contributed by atoms with Gasteiger partial charge in [-0.15, -0.1) is 0 Å². The molecule has 1 aromatic carbocycles. The number of hydrogen-bond donors (Lipinski definition) is 2. The summed E-state index contributed by atoms with van der Waals surface area (Å²) in [4.78, 5) is 31.6. The summed E-state index contributed by atoms with van der Waals surface area (Å²) in [5.74, 6) is 0.144. The maximum Gasteiger partial charge on any atom is 0.257 e. The zero-order valence-electron chi connectivity index (χ0n) is 12.5. The van der Waals surface area contributed by atoms with Crippen LogP contribution in [0.2, 0.25) is 0 Å². The van der Waals surface area contributed by atoms with Gasteiger partial charge in [-0.2, -0.15) is 0 Å². The van der Waals surface area contributed by atoms with Crippen molar-refractivity contribution in [1.29, 1.82) is 0 Å². The lowest BCUT2D eigenvalue weighted by atomic mass is 10.1. The van der Waals surface area contributed by atoms with Crippen LogP contribution in [-0.4, -0.2) is 23.0 Å². The highest BCUT2D eigenvalue weighted by Gasteiger charge is 2.13. The Morgan fingerprint density at radius 1 is 1.26 bits per heavy atom. The first-order valence-corrected chi connectivity index (χ1v) is 7.05. The Hall–Kier alpha value is -3.15. The molecular weight excluding hydrogens is 294 g/mol. The fraction of sp³-hybridized carbons (Fsp3) is 0.118. The topological polar surface area (TPSA) is 84.1 Å². The Kier molecular flexibility index (Phi) is 4.05. The number of carbonyl (C=O) groups is 1. The number of aromatic nitrogens is 2. The van der Waals surface area contributed by atoms with Crippen molar-refractivity contribution < 1.29 is 9.53 Å².